The molecule has 1 atom stereocenters. The highest BCUT2D eigenvalue weighted by atomic mass is 16.2. The molecule has 4 rings (SSSR count). The molecule has 9 nitrogen and oxygen atoms in total. The van der Waals surface area contributed by atoms with Crippen LogP contribution in [0.5, 0.6) is 0 Å². The Morgan fingerprint density at radius 3 is 2.90 bits per heavy atom. The number of pyridine rings is 1. The summed E-state index contributed by atoms with van der Waals surface area (Å²) in [5.41, 5.74) is 2.20. The van der Waals surface area contributed by atoms with E-state index in [2.05, 4.69) is 20.5 Å². The summed E-state index contributed by atoms with van der Waals surface area (Å²) in [6.07, 6.45) is 4.15. The second-order valence-corrected chi connectivity index (χ2v) is 7.24. The highest BCUT2D eigenvalue weighted by molar-refractivity contribution is 5.83. The highest BCUT2D eigenvalue weighted by Crippen LogP contribution is 2.18. The van der Waals surface area contributed by atoms with Gasteiger partial charge < -0.3 is 5.32 Å². The first kappa shape index (κ1) is 18.9. The number of nitrogens with zero attached hydrogens (tertiary/aromatic N) is 6. The van der Waals surface area contributed by atoms with E-state index in [1.807, 2.05) is 44.2 Å². The standard InChI is InChI=1S/C20H23N7O2/c1-14-10-16-6-3-4-7-17(16)27-19(14)24-26(20(27)29)11-15(2)23-18(28)8-5-9-25-13-21-12-22-25/h3-4,6-7,10,12-13,15H,5,8-9,11H2,1-2H3,(H,23,28). The van der Waals surface area contributed by atoms with Gasteiger partial charge in [0, 0.05) is 19.0 Å². The quantitative estimate of drug-likeness (QED) is 0.513. The number of aryl methyl sites for hydroxylation is 2. The lowest BCUT2D eigenvalue weighted by molar-refractivity contribution is -0.121. The van der Waals surface area contributed by atoms with E-state index in [0.29, 0.717) is 31.6 Å². The van der Waals surface area contributed by atoms with E-state index in [1.165, 1.54) is 11.0 Å². The predicted molar refractivity (Wildman–Crippen MR) is 109 cm³/mol. The molecule has 0 radical (unpaired) electrons. The average Bonchev–Trinajstić information content (AvgIpc) is 3.31. The van der Waals surface area contributed by atoms with Crippen LogP contribution >= 0.6 is 0 Å². The summed E-state index contributed by atoms with van der Waals surface area (Å²) in [7, 11) is 0. The molecule has 0 aliphatic rings. The van der Waals surface area contributed by atoms with Crippen LogP contribution in [0.2, 0.25) is 0 Å². The average molecular weight is 393 g/mol. The van der Waals surface area contributed by atoms with Gasteiger partial charge in [-0.2, -0.15) is 5.10 Å². The molecule has 9 heteroatoms. The number of aromatic nitrogens is 6. The van der Waals surface area contributed by atoms with Gasteiger partial charge in [0.1, 0.15) is 12.7 Å². The Bertz CT molecular complexity index is 1210. The molecule has 4 aromatic rings. The monoisotopic (exact) mass is 393 g/mol. The fraction of sp³-hybridized carbons (Fsp3) is 0.350. The maximum atomic E-state index is 13.0. The van der Waals surface area contributed by atoms with Gasteiger partial charge in [-0.15, -0.1) is 5.10 Å². The third-order valence-corrected chi connectivity index (χ3v) is 4.85. The van der Waals surface area contributed by atoms with Crippen molar-refractivity contribution >= 4 is 22.5 Å². The molecule has 1 unspecified atom stereocenters. The summed E-state index contributed by atoms with van der Waals surface area (Å²) in [4.78, 5) is 29.0. The van der Waals surface area contributed by atoms with Crippen molar-refractivity contribution in [2.45, 2.75) is 45.8 Å². The van der Waals surface area contributed by atoms with Gasteiger partial charge in [0.2, 0.25) is 5.91 Å². The Hall–Kier alpha value is -3.49. The topological polar surface area (TPSA) is 99.1 Å². The Labute approximate surface area is 167 Å². The largest absolute Gasteiger partial charge is 0.352 e. The van der Waals surface area contributed by atoms with E-state index in [-0.39, 0.29) is 17.6 Å². The van der Waals surface area contributed by atoms with E-state index in [4.69, 9.17) is 0 Å². The molecule has 0 saturated carbocycles. The molecule has 150 valence electrons. The number of carbonyl (C=O) groups is 1. The van der Waals surface area contributed by atoms with Gasteiger partial charge in [-0.3, -0.25) is 9.48 Å². The Morgan fingerprint density at radius 1 is 1.28 bits per heavy atom. The van der Waals surface area contributed by atoms with Crippen LogP contribution in [-0.2, 0) is 17.9 Å². The van der Waals surface area contributed by atoms with Crippen molar-refractivity contribution in [2.24, 2.45) is 0 Å². The van der Waals surface area contributed by atoms with Crippen LogP contribution in [0, 0.1) is 6.92 Å². The molecule has 0 bridgehead atoms. The summed E-state index contributed by atoms with van der Waals surface area (Å²) in [5, 5.41) is 12.4. The molecular formula is C20H23N7O2. The third kappa shape index (κ3) is 3.89. The molecule has 1 amide bonds. The van der Waals surface area contributed by atoms with E-state index < -0.39 is 0 Å². The first-order valence-corrected chi connectivity index (χ1v) is 9.62. The van der Waals surface area contributed by atoms with E-state index in [1.54, 1.807) is 15.4 Å². The summed E-state index contributed by atoms with van der Waals surface area (Å²) < 4.78 is 4.76. The summed E-state index contributed by atoms with van der Waals surface area (Å²) in [6, 6.07) is 9.56. The van der Waals surface area contributed by atoms with Crippen molar-refractivity contribution in [3.8, 4) is 0 Å². The summed E-state index contributed by atoms with van der Waals surface area (Å²) in [5.74, 6) is -0.0592. The molecular weight excluding hydrogens is 370 g/mol. The van der Waals surface area contributed by atoms with E-state index in [0.717, 1.165) is 16.5 Å². The van der Waals surface area contributed by atoms with Gasteiger partial charge in [-0.05, 0) is 43.4 Å². The predicted octanol–water partition coefficient (Wildman–Crippen LogP) is 1.53. The van der Waals surface area contributed by atoms with E-state index in [9.17, 15) is 9.59 Å². The molecule has 0 saturated heterocycles. The Kier molecular flexibility index (Phi) is 5.11. The minimum absolute atomic E-state index is 0.0592. The zero-order chi connectivity index (χ0) is 20.4. The number of benzene rings is 1. The molecule has 0 spiro atoms. The van der Waals surface area contributed by atoms with Crippen LogP contribution in [-0.4, -0.2) is 40.9 Å². The molecule has 0 fully saturated rings. The maximum Gasteiger partial charge on any atom is 0.350 e. The van der Waals surface area contributed by atoms with Gasteiger partial charge in [0.05, 0.1) is 12.1 Å². The number of para-hydroxylation sites is 1. The molecule has 0 aliphatic heterocycles. The van der Waals surface area contributed by atoms with Crippen LogP contribution in [0.1, 0.15) is 25.3 Å². The van der Waals surface area contributed by atoms with Crippen molar-refractivity contribution in [2.75, 3.05) is 0 Å². The second kappa shape index (κ2) is 7.86. The van der Waals surface area contributed by atoms with Gasteiger partial charge >= 0.3 is 5.69 Å². The molecule has 1 N–H and O–H groups in total. The van der Waals surface area contributed by atoms with Crippen molar-refractivity contribution in [3.05, 3.63) is 59.0 Å². The van der Waals surface area contributed by atoms with E-state index >= 15 is 0 Å². The Balaban J connectivity index is 1.45. The van der Waals surface area contributed by atoms with Crippen molar-refractivity contribution in [1.82, 2.24) is 34.3 Å². The van der Waals surface area contributed by atoms with Crippen molar-refractivity contribution in [3.63, 3.8) is 0 Å². The second-order valence-electron chi connectivity index (χ2n) is 7.24. The third-order valence-electron chi connectivity index (χ3n) is 4.85. The van der Waals surface area contributed by atoms with Gasteiger partial charge in [-0.1, -0.05) is 18.2 Å². The fourth-order valence-electron chi connectivity index (χ4n) is 3.51. The number of fused-ring (bicyclic) bond motifs is 3. The minimum atomic E-state index is -0.219. The van der Waals surface area contributed by atoms with Gasteiger partial charge in [0.15, 0.2) is 5.65 Å². The Morgan fingerprint density at radius 2 is 2.10 bits per heavy atom. The number of nitrogens with one attached hydrogen (secondary N) is 1. The summed E-state index contributed by atoms with van der Waals surface area (Å²) >= 11 is 0. The molecule has 1 aromatic carbocycles. The van der Waals surface area contributed by atoms with Gasteiger partial charge in [0.25, 0.3) is 0 Å². The number of rotatable bonds is 7. The first-order chi connectivity index (χ1) is 14.0. The van der Waals surface area contributed by atoms with Crippen LogP contribution in [0.3, 0.4) is 0 Å². The first-order valence-electron chi connectivity index (χ1n) is 9.62. The lowest BCUT2D eigenvalue weighted by atomic mass is 10.1. The van der Waals surface area contributed by atoms with Crippen LogP contribution in [0.4, 0.5) is 0 Å². The molecule has 0 aliphatic carbocycles. The highest BCUT2D eigenvalue weighted by Gasteiger charge is 2.15. The normalized spacial score (nSPS) is 12.5. The lowest BCUT2D eigenvalue weighted by Crippen LogP contribution is -2.38. The molecule has 3 aromatic heterocycles. The maximum absolute atomic E-state index is 13.0. The zero-order valence-corrected chi connectivity index (χ0v) is 16.4. The van der Waals surface area contributed by atoms with Crippen LogP contribution in [0.25, 0.3) is 16.6 Å². The summed E-state index contributed by atoms with van der Waals surface area (Å²) in [6.45, 7) is 4.76. The SMILES string of the molecule is Cc1cc2ccccc2n2c(=O)n(CC(C)NC(=O)CCCn3cncn3)nc12. The minimum Gasteiger partial charge on any atom is -0.352 e. The number of amides is 1. The number of hydrogen-bond donors (Lipinski definition) is 1. The molecule has 29 heavy (non-hydrogen) atoms. The van der Waals surface area contributed by atoms with Crippen molar-refractivity contribution < 1.29 is 4.79 Å². The molecule has 3 heterocycles. The smallest absolute Gasteiger partial charge is 0.350 e. The van der Waals surface area contributed by atoms with Crippen LogP contribution in [0.15, 0.2) is 47.8 Å². The van der Waals surface area contributed by atoms with Gasteiger partial charge in [-0.25, -0.2) is 18.9 Å². The fourth-order valence-corrected chi connectivity index (χ4v) is 3.51. The van der Waals surface area contributed by atoms with Crippen LogP contribution < -0.4 is 11.0 Å². The van der Waals surface area contributed by atoms with Crippen molar-refractivity contribution in [1.29, 1.82) is 0 Å². The lowest BCUT2D eigenvalue weighted by Gasteiger charge is -2.13. The number of carbonyl (C=O) groups excluding carboxylic acids is 1. The number of hydrogen-bond acceptors (Lipinski definition) is 5. The zero-order valence-electron chi connectivity index (χ0n) is 16.4.